The molecule has 2 atom stereocenters. The second-order valence-corrected chi connectivity index (χ2v) is 5.65. The van der Waals surface area contributed by atoms with Gasteiger partial charge in [-0.25, -0.2) is 4.79 Å². The first-order chi connectivity index (χ1) is 11.1. The highest BCUT2D eigenvalue weighted by molar-refractivity contribution is 7.80. The van der Waals surface area contributed by atoms with Crippen LogP contribution in [0, 0.1) is 11.8 Å². The smallest absolute Gasteiger partial charge is 0.335 e. The summed E-state index contributed by atoms with van der Waals surface area (Å²) >= 11 is 4.94. The average Bonchev–Trinajstić information content (AvgIpc) is 2.96. The highest BCUT2D eigenvalue weighted by atomic mass is 32.1. The van der Waals surface area contributed by atoms with Gasteiger partial charge in [-0.1, -0.05) is 24.4 Å². The van der Waals surface area contributed by atoms with Crippen LogP contribution in [0.4, 0.5) is 0 Å². The number of benzene rings is 1. The third-order valence-corrected chi connectivity index (χ3v) is 4.21. The maximum atomic E-state index is 12.1. The molecule has 0 saturated carbocycles. The van der Waals surface area contributed by atoms with Gasteiger partial charge in [-0.2, -0.15) is 0 Å². The number of aryl methyl sites for hydroxylation is 1. The number of ether oxygens (including phenoxy) is 1. The molecular formula is C17H19NO4S. The third kappa shape index (κ3) is 4.22. The molecule has 2 unspecified atom stereocenters. The quantitative estimate of drug-likeness (QED) is 0.613. The average molecular weight is 333 g/mol. The largest absolute Gasteiger partial charge is 0.478 e. The van der Waals surface area contributed by atoms with E-state index in [9.17, 15) is 9.59 Å². The Bertz CT molecular complexity index is 624. The number of hydrogen-bond donors (Lipinski definition) is 1. The summed E-state index contributed by atoms with van der Waals surface area (Å²) in [6.07, 6.45) is 1.52. The van der Waals surface area contributed by atoms with E-state index in [0.717, 1.165) is 18.4 Å². The van der Waals surface area contributed by atoms with E-state index in [0.29, 0.717) is 18.9 Å². The molecule has 1 aromatic rings. The Labute approximate surface area is 140 Å². The Hall–Kier alpha value is -2.08. The van der Waals surface area contributed by atoms with Crippen molar-refractivity contribution < 1.29 is 19.4 Å². The first-order valence-corrected chi connectivity index (χ1v) is 8.02. The lowest BCUT2D eigenvalue weighted by Crippen LogP contribution is -2.30. The molecule has 6 heteroatoms. The molecule has 0 amide bonds. The van der Waals surface area contributed by atoms with E-state index in [-0.39, 0.29) is 23.4 Å². The van der Waals surface area contributed by atoms with Crippen LogP contribution in [0.5, 0.6) is 0 Å². The van der Waals surface area contributed by atoms with E-state index in [1.54, 1.807) is 31.2 Å². The van der Waals surface area contributed by atoms with E-state index >= 15 is 0 Å². The van der Waals surface area contributed by atoms with Crippen molar-refractivity contribution in [1.29, 1.82) is 0 Å². The van der Waals surface area contributed by atoms with Gasteiger partial charge in [0.1, 0.15) is 5.92 Å². The van der Waals surface area contributed by atoms with Crippen LogP contribution >= 0.6 is 12.2 Å². The molecule has 0 radical (unpaired) electrons. The molecule has 1 heterocycles. The molecule has 1 N–H and O–H groups in total. The van der Waals surface area contributed by atoms with Crippen molar-refractivity contribution in [3.63, 3.8) is 0 Å². The molecule has 1 aliphatic heterocycles. The van der Waals surface area contributed by atoms with Crippen molar-refractivity contribution in [2.24, 2.45) is 16.8 Å². The second kappa shape index (κ2) is 7.97. The molecule has 0 saturated heterocycles. The minimum atomic E-state index is -0.936. The molecular weight excluding hydrogens is 314 g/mol. The molecule has 23 heavy (non-hydrogen) atoms. The fraction of sp³-hybridized carbons (Fsp3) is 0.412. The SMILES string of the molecule is CCOC(=O)C1C(C=S)=NCC1CCc1ccc(C(=O)O)cc1. The number of rotatable bonds is 7. The summed E-state index contributed by atoms with van der Waals surface area (Å²) in [5.41, 5.74) is 1.93. The van der Waals surface area contributed by atoms with Crippen LogP contribution in [0.25, 0.3) is 0 Å². The predicted molar refractivity (Wildman–Crippen MR) is 91.3 cm³/mol. The van der Waals surface area contributed by atoms with E-state index < -0.39 is 5.97 Å². The fourth-order valence-electron chi connectivity index (χ4n) is 2.75. The number of thiocarbonyl (C=S) groups is 1. The number of hydrogen-bond acceptors (Lipinski definition) is 5. The van der Waals surface area contributed by atoms with Gasteiger partial charge in [0.15, 0.2) is 0 Å². The van der Waals surface area contributed by atoms with Crippen LogP contribution in [-0.2, 0) is 16.0 Å². The van der Waals surface area contributed by atoms with Gasteiger partial charge in [-0.05, 0) is 43.4 Å². The van der Waals surface area contributed by atoms with E-state index in [1.165, 1.54) is 5.37 Å². The van der Waals surface area contributed by atoms with E-state index in [1.807, 2.05) is 0 Å². The number of aliphatic imine (C=N–C) groups is 1. The van der Waals surface area contributed by atoms with E-state index in [2.05, 4.69) is 4.99 Å². The van der Waals surface area contributed by atoms with Gasteiger partial charge in [-0.15, -0.1) is 0 Å². The number of carbonyl (C=O) groups excluding carboxylic acids is 1. The maximum absolute atomic E-state index is 12.1. The van der Waals surface area contributed by atoms with Crippen molar-refractivity contribution >= 4 is 35.2 Å². The van der Waals surface area contributed by atoms with Crippen molar-refractivity contribution in [3.05, 3.63) is 35.4 Å². The normalized spacial score (nSPS) is 20.0. The summed E-state index contributed by atoms with van der Waals surface area (Å²) in [5, 5.41) is 10.4. The van der Waals surface area contributed by atoms with Crippen molar-refractivity contribution in [2.75, 3.05) is 13.2 Å². The summed E-state index contributed by atoms with van der Waals surface area (Å²) in [6.45, 7) is 2.68. The van der Waals surface area contributed by atoms with Crippen LogP contribution in [0.15, 0.2) is 29.3 Å². The van der Waals surface area contributed by atoms with Crippen LogP contribution in [-0.4, -0.2) is 41.3 Å². The van der Waals surface area contributed by atoms with Crippen LogP contribution in [0.1, 0.15) is 29.3 Å². The number of esters is 1. The summed E-state index contributed by atoms with van der Waals surface area (Å²) in [6, 6.07) is 6.79. The molecule has 0 fully saturated rings. The number of carbonyl (C=O) groups is 2. The zero-order valence-electron chi connectivity index (χ0n) is 12.9. The highest BCUT2D eigenvalue weighted by Crippen LogP contribution is 2.27. The molecule has 0 aromatic heterocycles. The van der Waals surface area contributed by atoms with Gasteiger partial charge in [0.25, 0.3) is 0 Å². The number of carboxylic acid groups (broad SMARTS) is 1. The van der Waals surface area contributed by atoms with Crippen molar-refractivity contribution in [3.8, 4) is 0 Å². The molecule has 0 aliphatic carbocycles. The van der Waals surface area contributed by atoms with Gasteiger partial charge < -0.3 is 9.84 Å². The molecule has 122 valence electrons. The van der Waals surface area contributed by atoms with Crippen molar-refractivity contribution in [1.82, 2.24) is 0 Å². The zero-order chi connectivity index (χ0) is 16.8. The molecule has 5 nitrogen and oxygen atoms in total. The Morgan fingerprint density at radius 2 is 2.09 bits per heavy atom. The van der Waals surface area contributed by atoms with Gasteiger partial charge in [-0.3, -0.25) is 9.79 Å². The second-order valence-electron chi connectivity index (χ2n) is 5.41. The Balaban J connectivity index is 2.00. The lowest BCUT2D eigenvalue weighted by atomic mass is 9.87. The molecule has 1 aliphatic rings. The molecule has 2 rings (SSSR count). The van der Waals surface area contributed by atoms with Crippen LogP contribution < -0.4 is 0 Å². The minimum Gasteiger partial charge on any atom is -0.478 e. The summed E-state index contributed by atoms with van der Waals surface area (Å²) in [4.78, 5) is 27.3. The minimum absolute atomic E-state index is 0.0717. The van der Waals surface area contributed by atoms with Gasteiger partial charge in [0, 0.05) is 11.9 Å². The topological polar surface area (TPSA) is 76.0 Å². The Kier molecular flexibility index (Phi) is 5.98. The van der Waals surface area contributed by atoms with Gasteiger partial charge >= 0.3 is 11.9 Å². The van der Waals surface area contributed by atoms with Crippen LogP contribution in [0.3, 0.4) is 0 Å². The Morgan fingerprint density at radius 3 is 2.65 bits per heavy atom. The summed E-state index contributed by atoms with van der Waals surface area (Å²) < 4.78 is 5.13. The van der Waals surface area contributed by atoms with Crippen molar-refractivity contribution in [2.45, 2.75) is 19.8 Å². The summed E-state index contributed by atoms with van der Waals surface area (Å²) in [7, 11) is 0. The number of carboxylic acids is 1. The lowest BCUT2D eigenvalue weighted by molar-refractivity contribution is -0.146. The molecule has 0 spiro atoms. The summed E-state index contributed by atoms with van der Waals surface area (Å²) in [5.74, 6) is -1.52. The van der Waals surface area contributed by atoms with E-state index in [4.69, 9.17) is 22.1 Å². The highest BCUT2D eigenvalue weighted by Gasteiger charge is 2.36. The third-order valence-electron chi connectivity index (χ3n) is 3.96. The zero-order valence-corrected chi connectivity index (χ0v) is 13.7. The number of aromatic carboxylic acids is 1. The Morgan fingerprint density at radius 1 is 1.39 bits per heavy atom. The fourth-order valence-corrected chi connectivity index (χ4v) is 2.97. The lowest BCUT2D eigenvalue weighted by Gasteiger charge is -2.18. The first kappa shape index (κ1) is 17.3. The maximum Gasteiger partial charge on any atom is 0.335 e. The standard InChI is InChI=1S/C17H19NO4S/c1-2-22-17(21)15-13(9-18-14(15)10-23)8-5-11-3-6-12(7-4-11)16(19)20/h3-4,6-7,10,13,15H,2,5,8-9H2,1H3,(H,19,20). The predicted octanol–water partition coefficient (Wildman–Crippen LogP) is 2.57. The number of nitrogens with zero attached hydrogens (tertiary/aromatic N) is 1. The monoisotopic (exact) mass is 333 g/mol. The van der Waals surface area contributed by atoms with Gasteiger partial charge in [0.05, 0.1) is 17.9 Å². The van der Waals surface area contributed by atoms with Crippen LogP contribution in [0.2, 0.25) is 0 Å². The molecule has 0 bridgehead atoms. The first-order valence-electron chi connectivity index (χ1n) is 7.55. The van der Waals surface area contributed by atoms with Gasteiger partial charge in [0.2, 0.25) is 0 Å². The molecule has 1 aromatic carbocycles.